The van der Waals surface area contributed by atoms with Crippen molar-refractivity contribution in [2.45, 2.75) is 31.3 Å². The first-order chi connectivity index (χ1) is 15.4. The first-order valence-corrected chi connectivity index (χ1v) is 12.2. The summed E-state index contributed by atoms with van der Waals surface area (Å²) in [5, 5.41) is 2.82. The third kappa shape index (κ3) is 6.21. The average molecular weight is 463 g/mol. The molecule has 1 saturated heterocycles. The number of morpholine rings is 1. The van der Waals surface area contributed by atoms with E-state index in [9.17, 15) is 13.2 Å². The van der Waals surface area contributed by atoms with Crippen LogP contribution < -0.4 is 14.8 Å². The normalized spacial score (nSPS) is 15.7. The van der Waals surface area contributed by atoms with Crippen molar-refractivity contribution in [1.29, 1.82) is 0 Å². The Bertz CT molecular complexity index is 988. The van der Waals surface area contributed by atoms with Crippen LogP contribution in [0, 0.1) is 6.92 Å². The molecule has 1 heterocycles. The molecule has 9 heteroatoms. The van der Waals surface area contributed by atoms with Crippen molar-refractivity contribution in [2.24, 2.45) is 0 Å². The van der Waals surface area contributed by atoms with Crippen molar-refractivity contribution in [3.05, 3.63) is 54.1 Å². The van der Waals surface area contributed by atoms with E-state index in [-0.39, 0.29) is 17.4 Å². The van der Waals surface area contributed by atoms with Crippen LogP contribution in [-0.4, -0.2) is 64.2 Å². The summed E-state index contributed by atoms with van der Waals surface area (Å²) in [6.07, 6.45) is -0.0408. The van der Waals surface area contributed by atoms with Crippen LogP contribution in [0.3, 0.4) is 0 Å². The van der Waals surface area contributed by atoms with E-state index in [0.29, 0.717) is 50.8 Å². The number of para-hydroxylation sites is 1. The molecular weight excluding hydrogens is 432 g/mol. The second-order valence-electron chi connectivity index (χ2n) is 7.41. The van der Waals surface area contributed by atoms with Gasteiger partial charge >= 0.3 is 0 Å². The van der Waals surface area contributed by atoms with Gasteiger partial charge in [0.2, 0.25) is 10.0 Å². The number of rotatable bonds is 10. The van der Waals surface area contributed by atoms with Gasteiger partial charge in [0.1, 0.15) is 18.1 Å². The summed E-state index contributed by atoms with van der Waals surface area (Å²) >= 11 is 0. The molecule has 1 fully saturated rings. The predicted octanol–water partition coefficient (Wildman–Crippen LogP) is 2.37. The first kappa shape index (κ1) is 24.0. The Morgan fingerprint density at radius 2 is 1.81 bits per heavy atom. The molecule has 174 valence electrons. The zero-order chi connectivity index (χ0) is 23.0. The molecule has 0 aromatic heterocycles. The van der Waals surface area contributed by atoms with Gasteiger partial charge in [-0.15, -0.1) is 0 Å². The van der Waals surface area contributed by atoms with Crippen LogP contribution >= 0.6 is 0 Å². The van der Waals surface area contributed by atoms with Crippen molar-refractivity contribution in [3.8, 4) is 11.5 Å². The van der Waals surface area contributed by atoms with Crippen LogP contribution in [0.1, 0.15) is 18.9 Å². The second kappa shape index (κ2) is 11.3. The Morgan fingerprint density at radius 1 is 1.12 bits per heavy atom. The highest BCUT2D eigenvalue weighted by atomic mass is 32.2. The summed E-state index contributed by atoms with van der Waals surface area (Å²) in [7, 11) is -3.53. The van der Waals surface area contributed by atoms with Crippen LogP contribution in [-0.2, 0) is 19.6 Å². The fourth-order valence-corrected chi connectivity index (χ4v) is 4.67. The molecule has 0 spiro atoms. The first-order valence-electron chi connectivity index (χ1n) is 10.7. The zero-order valence-corrected chi connectivity index (χ0v) is 19.3. The Hall–Kier alpha value is -2.62. The van der Waals surface area contributed by atoms with Gasteiger partial charge < -0.3 is 19.5 Å². The van der Waals surface area contributed by atoms with E-state index in [0.717, 1.165) is 5.56 Å². The summed E-state index contributed by atoms with van der Waals surface area (Å²) in [4.78, 5) is 12.7. The number of carbonyl (C=O) groups excluding carboxylic acids is 1. The van der Waals surface area contributed by atoms with Crippen molar-refractivity contribution in [1.82, 2.24) is 9.62 Å². The van der Waals surface area contributed by atoms with Crippen LogP contribution in [0.4, 0.5) is 0 Å². The number of ether oxygens (including phenoxy) is 3. The number of hydrogen-bond donors (Lipinski definition) is 1. The van der Waals surface area contributed by atoms with E-state index in [1.165, 1.54) is 16.4 Å². The molecule has 1 aliphatic heterocycles. The smallest absolute Gasteiger partial charge is 0.261 e. The molecule has 0 aliphatic carbocycles. The maximum absolute atomic E-state index is 12.6. The van der Waals surface area contributed by atoms with Crippen LogP contribution in [0.15, 0.2) is 53.4 Å². The maximum Gasteiger partial charge on any atom is 0.261 e. The topological polar surface area (TPSA) is 94.2 Å². The standard InChI is InChI=1S/C23H30N2O6S/c1-3-21(31-22-7-5-4-6-18(22)2)23(26)24-12-15-30-19-8-10-20(11-9-19)32(27,28)25-13-16-29-17-14-25/h4-11,21H,3,12-17H2,1-2H3,(H,24,26)/t21-/m1/s1. The van der Waals surface area contributed by atoms with E-state index in [1.54, 1.807) is 12.1 Å². The summed E-state index contributed by atoms with van der Waals surface area (Å²) in [5.41, 5.74) is 0.973. The molecular formula is C23H30N2O6S. The highest BCUT2D eigenvalue weighted by molar-refractivity contribution is 7.89. The van der Waals surface area contributed by atoms with Gasteiger partial charge in [-0.25, -0.2) is 8.42 Å². The van der Waals surface area contributed by atoms with Crippen molar-refractivity contribution in [2.75, 3.05) is 39.5 Å². The summed E-state index contributed by atoms with van der Waals surface area (Å²) in [6.45, 7) is 5.90. The zero-order valence-electron chi connectivity index (χ0n) is 18.5. The number of nitrogens with one attached hydrogen (secondary N) is 1. The Kier molecular flexibility index (Phi) is 8.49. The Balaban J connectivity index is 1.45. The largest absolute Gasteiger partial charge is 0.492 e. The number of hydrogen-bond acceptors (Lipinski definition) is 6. The number of aryl methyl sites for hydroxylation is 1. The number of benzene rings is 2. The number of nitrogens with zero attached hydrogens (tertiary/aromatic N) is 1. The molecule has 0 saturated carbocycles. The number of carbonyl (C=O) groups is 1. The molecule has 0 radical (unpaired) electrons. The van der Waals surface area contributed by atoms with Gasteiger partial charge in [0.25, 0.3) is 5.91 Å². The summed E-state index contributed by atoms with van der Waals surface area (Å²) in [6, 6.07) is 13.9. The molecule has 2 aromatic carbocycles. The van der Waals surface area contributed by atoms with E-state index >= 15 is 0 Å². The highest BCUT2D eigenvalue weighted by Gasteiger charge is 2.26. The molecule has 1 atom stereocenters. The van der Waals surface area contributed by atoms with Crippen molar-refractivity contribution < 1.29 is 27.4 Å². The minimum atomic E-state index is -3.53. The fourth-order valence-electron chi connectivity index (χ4n) is 3.26. The monoisotopic (exact) mass is 462 g/mol. The lowest BCUT2D eigenvalue weighted by Gasteiger charge is -2.26. The van der Waals surface area contributed by atoms with E-state index < -0.39 is 16.1 Å². The van der Waals surface area contributed by atoms with E-state index in [2.05, 4.69) is 5.32 Å². The van der Waals surface area contributed by atoms with Crippen molar-refractivity contribution >= 4 is 15.9 Å². The minimum absolute atomic E-state index is 0.202. The third-order valence-electron chi connectivity index (χ3n) is 5.13. The van der Waals surface area contributed by atoms with Gasteiger partial charge in [-0.2, -0.15) is 4.31 Å². The fraction of sp³-hybridized carbons (Fsp3) is 0.435. The maximum atomic E-state index is 12.6. The van der Waals surface area contributed by atoms with Gasteiger partial charge in [0.05, 0.1) is 24.7 Å². The van der Waals surface area contributed by atoms with E-state index in [4.69, 9.17) is 14.2 Å². The summed E-state index contributed by atoms with van der Waals surface area (Å²) in [5.74, 6) is 1.02. The molecule has 3 rings (SSSR count). The molecule has 1 amide bonds. The van der Waals surface area contributed by atoms with Gasteiger partial charge in [-0.05, 0) is 49.2 Å². The molecule has 2 aromatic rings. The Labute approximate surface area is 189 Å². The molecule has 1 N–H and O–H groups in total. The summed E-state index contributed by atoms with van der Waals surface area (Å²) < 4.78 is 43.4. The third-order valence-corrected chi connectivity index (χ3v) is 7.04. The number of amides is 1. The molecule has 1 aliphatic rings. The van der Waals surface area contributed by atoms with Gasteiger partial charge in [-0.3, -0.25) is 4.79 Å². The molecule has 8 nitrogen and oxygen atoms in total. The van der Waals surface area contributed by atoms with Crippen LogP contribution in [0.25, 0.3) is 0 Å². The van der Waals surface area contributed by atoms with Gasteiger partial charge in [0, 0.05) is 13.1 Å². The van der Waals surface area contributed by atoms with Gasteiger partial charge in [-0.1, -0.05) is 25.1 Å². The molecule has 32 heavy (non-hydrogen) atoms. The molecule has 0 bridgehead atoms. The lowest BCUT2D eigenvalue weighted by molar-refractivity contribution is -0.128. The van der Waals surface area contributed by atoms with Crippen molar-refractivity contribution in [3.63, 3.8) is 0 Å². The van der Waals surface area contributed by atoms with Crippen LogP contribution in [0.5, 0.6) is 11.5 Å². The Morgan fingerprint density at radius 3 is 2.47 bits per heavy atom. The number of sulfonamides is 1. The second-order valence-corrected chi connectivity index (χ2v) is 9.35. The minimum Gasteiger partial charge on any atom is -0.492 e. The predicted molar refractivity (Wildman–Crippen MR) is 120 cm³/mol. The SMILES string of the molecule is CC[C@@H](Oc1ccccc1C)C(=O)NCCOc1ccc(S(=O)(=O)N2CCOCC2)cc1. The van der Waals surface area contributed by atoms with Crippen LogP contribution in [0.2, 0.25) is 0 Å². The quantitative estimate of drug-likeness (QED) is 0.545. The highest BCUT2D eigenvalue weighted by Crippen LogP contribution is 2.21. The van der Waals surface area contributed by atoms with Gasteiger partial charge in [0.15, 0.2) is 6.10 Å². The van der Waals surface area contributed by atoms with E-state index in [1.807, 2.05) is 38.1 Å². The average Bonchev–Trinajstić information content (AvgIpc) is 2.82. The molecule has 0 unspecified atom stereocenters. The lowest BCUT2D eigenvalue weighted by atomic mass is 10.2. The lowest BCUT2D eigenvalue weighted by Crippen LogP contribution is -2.40.